The summed E-state index contributed by atoms with van der Waals surface area (Å²) in [6, 6.07) is 3.93. The number of aromatic nitrogens is 4. The van der Waals surface area contributed by atoms with Crippen LogP contribution in [-0.4, -0.2) is 70.2 Å². The first kappa shape index (κ1) is 18.9. The van der Waals surface area contributed by atoms with Crippen LogP contribution in [0.1, 0.15) is 35.4 Å². The first-order valence-corrected chi connectivity index (χ1v) is 10.1. The van der Waals surface area contributed by atoms with Crippen LogP contribution in [0.15, 0.2) is 18.3 Å². The second-order valence-corrected chi connectivity index (χ2v) is 7.63. The molecule has 8 nitrogen and oxygen atoms in total. The molecule has 2 aromatic rings. The van der Waals surface area contributed by atoms with E-state index in [1.165, 1.54) is 0 Å². The molecular weight excluding hydrogens is 378 g/mol. The first-order chi connectivity index (χ1) is 13.6. The number of rotatable bonds is 3. The molecule has 4 rings (SSSR count). The van der Waals surface area contributed by atoms with Gasteiger partial charge in [-0.1, -0.05) is 11.6 Å². The molecule has 2 aliphatic heterocycles. The van der Waals surface area contributed by atoms with Gasteiger partial charge < -0.3 is 14.7 Å². The molecule has 0 saturated carbocycles. The van der Waals surface area contributed by atoms with Gasteiger partial charge in [-0.05, 0) is 38.3 Å². The Labute approximate surface area is 169 Å². The summed E-state index contributed by atoms with van der Waals surface area (Å²) in [5.74, 6) is 1.30. The van der Waals surface area contributed by atoms with E-state index in [1.807, 2.05) is 24.0 Å². The zero-order chi connectivity index (χ0) is 19.5. The molecule has 2 aliphatic rings. The SMILES string of the molecule is Cc1ccc(N2CCCN(C(=O)c3nc(N4CCCC4)ncc3Cl)CC2)nn1. The van der Waals surface area contributed by atoms with Crippen molar-refractivity contribution < 1.29 is 4.79 Å². The van der Waals surface area contributed by atoms with Crippen LogP contribution in [0.4, 0.5) is 11.8 Å². The quantitative estimate of drug-likeness (QED) is 0.779. The molecule has 28 heavy (non-hydrogen) atoms. The van der Waals surface area contributed by atoms with Gasteiger partial charge >= 0.3 is 0 Å². The second-order valence-electron chi connectivity index (χ2n) is 7.23. The van der Waals surface area contributed by atoms with Gasteiger partial charge in [0, 0.05) is 39.3 Å². The minimum absolute atomic E-state index is 0.135. The van der Waals surface area contributed by atoms with Gasteiger partial charge in [-0.25, -0.2) is 9.97 Å². The molecule has 2 saturated heterocycles. The molecule has 9 heteroatoms. The predicted molar refractivity (Wildman–Crippen MR) is 108 cm³/mol. The Kier molecular flexibility index (Phi) is 5.57. The number of hydrogen-bond acceptors (Lipinski definition) is 7. The van der Waals surface area contributed by atoms with E-state index < -0.39 is 0 Å². The van der Waals surface area contributed by atoms with Crippen molar-refractivity contribution >= 4 is 29.3 Å². The minimum atomic E-state index is -0.135. The van der Waals surface area contributed by atoms with E-state index >= 15 is 0 Å². The van der Waals surface area contributed by atoms with E-state index in [0.717, 1.165) is 50.4 Å². The number of aryl methyl sites for hydroxylation is 1. The van der Waals surface area contributed by atoms with Gasteiger partial charge in [-0.2, -0.15) is 5.10 Å². The van der Waals surface area contributed by atoms with E-state index in [-0.39, 0.29) is 5.91 Å². The standard InChI is InChI=1S/C19H24ClN7O/c1-14-5-6-16(24-23-14)25-9-4-10-26(12-11-25)18(28)17-15(20)13-21-19(22-17)27-7-2-3-8-27/h5-6,13H,2-4,7-12H2,1H3. The number of halogens is 1. The summed E-state index contributed by atoms with van der Waals surface area (Å²) in [7, 11) is 0. The molecule has 0 bridgehead atoms. The molecule has 2 aromatic heterocycles. The van der Waals surface area contributed by atoms with Gasteiger partial charge in [-0.3, -0.25) is 4.79 Å². The molecule has 4 heterocycles. The van der Waals surface area contributed by atoms with Crippen molar-refractivity contribution in [2.45, 2.75) is 26.2 Å². The number of carbonyl (C=O) groups excluding carboxylic acids is 1. The van der Waals surface area contributed by atoms with Crippen LogP contribution in [-0.2, 0) is 0 Å². The highest BCUT2D eigenvalue weighted by atomic mass is 35.5. The fourth-order valence-electron chi connectivity index (χ4n) is 3.64. The van der Waals surface area contributed by atoms with E-state index in [2.05, 4.69) is 30.0 Å². The first-order valence-electron chi connectivity index (χ1n) is 9.74. The summed E-state index contributed by atoms with van der Waals surface area (Å²) in [4.78, 5) is 28.0. The number of nitrogens with zero attached hydrogens (tertiary/aromatic N) is 7. The van der Waals surface area contributed by atoms with Crippen LogP contribution in [0.25, 0.3) is 0 Å². The molecular formula is C19H24ClN7O. The fourth-order valence-corrected chi connectivity index (χ4v) is 3.81. The second kappa shape index (κ2) is 8.26. The third-order valence-corrected chi connectivity index (χ3v) is 5.49. The van der Waals surface area contributed by atoms with Gasteiger partial charge in [0.25, 0.3) is 5.91 Å². The van der Waals surface area contributed by atoms with Gasteiger partial charge in [0.15, 0.2) is 11.5 Å². The molecule has 0 atom stereocenters. The maximum atomic E-state index is 13.1. The third-order valence-electron chi connectivity index (χ3n) is 5.21. The lowest BCUT2D eigenvalue weighted by molar-refractivity contribution is 0.0761. The Hall–Kier alpha value is -2.48. The Morgan fingerprint density at radius 3 is 2.50 bits per heavy atom. The summed E-state index contributed by atoms with van der Waals surface area (Å²) in [5, 5.41) is 8.71. The largest absolute Gasteiger partial charge is 0.353 e. The zero-order valence-corrected chi connectivity index (χ0v) is 16.8. The number of hydrogen-bond donors (Lipinski definition) is 0. The van der Waals surface area contributed by atoms with Gasteiger partial charge in [-0.15, -0.1) is 5.10 Å². The molecule has 1 amide bonds. The van der Waals surface area contributed by atoms with Crippen LogP contribution < -0.4 is 9.80 Å². The number of anilines is 2. The summed E-state index contributed by atoms with van der Waals surface area (Å²) >= 11 is 6.28. The Bertz CT molecular complexity index is 839. The molecule has 0 aromatic carbocycles. The molecule has 0 N–H and O–H groups in total. The average Bonchev–Trinajstić information content (AvgIpc) is 3.13. The lowest BCUT2D eigenvalue weighted by Crippen LogP contribution is -2.36. The molecule has 0 unspecified atom stereocenters. The number of carbonyl (C=O) groups is 1. The highest BCUT2D eigenvalue weighted by molar-refractivity contribution is 6.33. The van der Waals surface area contributed by atoms with E-state index in [4.69, 9.17) is 11.6 Å². The lowest BCUT2D eigenvalue weighted by Gasteiger charge is -2.23. The van der Waals surface area contributed by atoms with Crippen molar-refractivity contribution in [3.8, 4) is 0 Å². The van der Waals surface area contributed by atoms with Crippen LogP contribution in [0, 0.1) is 6.92 Å². The fraction of sp³-hybridized carbons (Fsp3) is 0.526. The van der Waals surface area contributed by atoms with Crippen LogP contribution in [0.5, 0.6) is 0 Å². The van der Waals surface area contributed by atoms with Crippen molar-refractivity contribution in [2.24, 2.45) is 0 Å². The number of amides is 1. The van der Waals surface area contributed by atoms with Gasteiger partial charge in [0.05, 0.1) is 16.9 Å². The van der Waals surface area contributed by atoms with E-state index in [1.54, 1.807) is 6.20 Å². The highest BCUT2D eigenvalue weighted by Crippen LogP contribution is 2.22. The van der Waals surface area contributed by atoms with Crippen molar-refractivity contribution in [1.29, 1.82) is 0 Å². The average molecular weight is 402 g/mol. The summed E-state index contributed by atoms with van der Waals surface area (Å²) in [6.07, 6.45) is 4.64. The maximum Gasteiger partial charge on any atom is 0.274 e. The van der Waals surface area contributed by atoms with Crippen molar-refractivity contribution in [3.63, 3.8) is 0 Å². The van der Waals surface area contributed by atoms with Crippen LogP contribution in [0.2, 0.25) is 5.02 Å². The zero-order valence-electron chi connectivity index (χ0n) is 16.0. The molecule has 2 fully saturated rings. The van der Waals surface area contributed by atoms with Crippen molar-refractivity contribution in [1.82, 2.24) is 25.1 Å². The summed E-state index contributed by atoms with van der Waals surface area (Å²) < 4.78 is 0. The van der Waals surface area contributed by atoms with Gasteiger partial charge in [0.1, 0.15) is 0 Å². The summed E-state index contributed by atoms with van der Waals surface area (Å²) in [6.45, 7) is 6.55. The third kappa shape index (κ3) is 4.01. The topological polar surface area (TPSA) is 78.4 Å². The van der Waals surface area contributed by atoms with Crippen LogP contribution >= 0.6 is 11.6 Å². The molecule has 0 aliphatic carbocycles. The lowest BCUT2D eigenvalue weighted by atomic mass is 10.3. The summed E-state index contributed by atoms with van der Waals surface area (Å²) in [5.41, 5.74) is 1.18. The van der Waals surface area contributed by atoms with Crippen molar-refractivity contribution in [3.05, 3.63) is 34.7 Å². The minimum Gasteiger partial charge on any atom is -0.353 e. The monoisotopic (exact) mass is 401 g/mol. The highest BCUT2D eigenvalue weighted by Gasteiger charge is 2.25. The molecule has 0 spiro atoms. The van der Waals surface area contributed by atoms with E-state index in [9.17, 15) is 4.79 Å². The van der Waals surface area contributed by atoms with Gasteiger partial charge in [0.2, 0.25) is 5.95 Å². The Balaban J connectivity index is 1.47. The Morgan fingerprint density at radius 1 is 0.964 bits per heavy atom. The van der Waals surface area contributed by atoms with Crippen LogP contribution in [0.3, 0.4) is 0 Å². The Morgan fingerprint density at radius 2 is 1.75 bits per heavy atom. The smallest absolute Gasteiger partial charge is 0.274 e. The predicted octanol–water partition coefficient (Wildman–Crippen LogP) is 2.18. The maximum absolute atomic E-state index is 13.1. The normalized spacial score (nSPS) is 17.7. The van der Waals surface area contributed by atoms with E-state index in [0.29, 0.717) is 36.3 Å². The molecule has 0 radical (unpaired) electrons. The molecule has 148 valence electrons. The van der Waals surface area contributed by atoms with Crippen molar-refractivity contribution in [2.75, 3.05) is 49.1 Å².